The molecule has 0 fully saturated rings. The molecule has 3 N–H and O–H groups in total. The van der Waals surface area contributed by atoms with E-state index in [2.05, 4.69) is 17.2 Å². The van der Waals surface area contributed by atoms with Crippen LogP contribution in [0.2, 0.25) is 0 Å². The number of para-hydroxylation sites is 1. The van der Waals surface area contributed by atoms with Crippen LogP contribution in [0, 0.1) is 0 Å². The van der Waals surface area contributed by atoms with E-state index in [0.29, 0.717) is 37.7 Å². The second-order valence-electron chi connectivity index (χ2n) is 6.90. The highest BCUT2D eigenvalue weighted by Crippen LogP contribution is 2.29. The number of fused-ring (bicyclic) bond motifs is 1. The quantitative estimate of drug-likeness (QED) is 0.454. The van der Waals surface area contributed by atoms with Gasteiger partial charge in [0.25, 0.3) is 0 Å². The summed E-state index contributed by atoms with van der Waals surface area (Å²) in [4.78, 5) is 15.0. The zero-order valence-electron chi connectivity index (χ0n) is 16.9. The number of hydrogen-bond acceptors (Lipinski definition) is 4. The summed E-state index contributed by atoms with van der Waals surface area (Å²) in [6, 6.07) is 12.9. The molecule has 0 bridgehead atoms. The van der Waals surface area contributed by atoms with Gasteiger partial charge in [0.15, 0.2) is 11.5 Å². The molecule has 6 heteroatoms. The fourth-order valence-corrected chi connectivity index (χ4v) is 3.27. The van der Waals surface area contributed by atoms with Gasteiger partial charge in [-0.25, -0.2) is 0 Å². The van der Waals surface area contributed by atoms with Crippen LogP contribution in [0.25, 0.3) is 10.9 Å². The molecule has 1 aromatic heterocycles. The number of aromatic nitrogens is 1. The van der Waals surface area contributed by atoms with Gasteiger partial charge in [-0.2, -0.15) is 0 Å². The summed E-state index contributed by atoms with van der Waals surface area (Å²) in [5.41, 5.74) is 2.94. The van der Waals surface area contributed by atoms with E-state index in [-0.39, 0.29) is 0 Å². The number of carboxylic acids is 1. The first-order chi connectivity index (χ1) is 14.1. The normalized spacial score (nSPS) is 12.1. The smallest absolute Gasteiger partial charge is 0.321 e. The Labute approximate surface area is 170 Å². The summed E-state index contributed by atoms with van der Waals surface area (Å²) in [7, 11) is 0. The minimum absolute atomic E-state index is 0.398. The number of carboxylic acid groups (broad SMARTS) is 1. The summed E-state index contributed by atoms with van der Waals surface area (Å²) in [6.45, 7) is 5.57. The van der Waals surface area contributed by atoms with Crippen molar-refractivity contribution in [3.63, 3.8) is 0 Å². The van der Waals surface area contributed by atoms with Crippen LogP contribution in [0.3, 0.4) is 0 Å². The number of aromatic amines is 1. The average Bonchev–Trinajstić information content (AvgIpc) is 3.13. The number of benzene rings is 2. The lowest BCUT2D eigenvalue weighted by Gasteiger charge is -2.16. The second kappa shape index (κ2) is 9.98. The van der Waals surface area contributed by atoms with Crippen LogP contribution in [0.1, 0.15) is 31.4 Å². The first kappa shape index (κ1) is 20.7. The maximum atomic E-state index is 11.8. The molecule has 0 saturated heterocycles. The minimum Gasteiger partial charge on any atom is -0.490 e. The monoisotopic (exact) mass is 396 g/mol. The maximum Gasteiger partial charge on any atom is 0.321 e. The van der Waals surface area contributed by atoms with Crippen LogP contribution in [0.15, 0.2) is 48.7 Å². The Morgan fingerprint density at radius 2 is 1.97 bits per heavy atom. The molecular weight excluding hydrogens is 368 g/mol. The highest BCUT2D eigenvalue weighted by molar-refractivity contribution is 5.84. The Kier molecular flexibility index (Phi) is 7.14. The number of rotatable bonds is 11. The van der Waals surface area contributed by atoms with Crippen molar-refractivity contribution in [2.45, 2.75) is 39.3 Å². The van der Waals surface area contributed by atoms with Gasteiger partial charge >= 0.3 is 5.97 Å². The van der Waals surface area contributed by atoms with E-state index >= 15 is 0 Å². The van der Waals surface area contributed by atoms with Crippen LogP contribution >= 0.6 is 0 Å². The summed E-state index contributed by atoms with van der Waals surface area (Å²) in [6.07, 6.45) is 3.20. The zero-order chi connectivity index (χ0) is 20.6. The van der Waals surface area contributed by atoms with Gasteiger partial charge in [0.1, 0.15) is 6.04 Å². The van der Waals surface area contributed by atoms with Crippen molar-refractivity contribution in [3.8, 4) is 11.5 Å². The van der Waals surface area contributed by atoms with E-state index in [4.69, 9.17) is 9.47 Å². The molecule has 0 aliphatic rings. The van der Waals surface area contributed by atoms with E-state index in [1.807, 2.05) is 55.6 Å². The fraction of sp³-hybridized carbons (Fsp3) is 0.348. The highest BCUT2D eigenvalue weighted by atomic mass is 16.5. The summed E-state index contributed by atoms with van der Waals surface area (Å²) in [5.74, 6) is 0.526. The number of H-pyrrole nitrogens is 1. The molecule has 0 unspecified atom stereocenters. The third-order valence-electron chi connectivity index (χ3n) is 4.72. The molecule has 0 amide bonds. The van der Waals surface area contributed by atoms with Gasteiger partial charge in [-0.1, -0.05) is 31.2 Å². The molecule has 29 heavy (non-hydrogen) atoms. The largest absolute Gasteiger partial charge is 0.490 e. The molecule has 0 aliphatic carbocycles. The molecule has 3 rings (SSSR count). The Balaban J connectivity index is 1.70. The van der Waals surface area contributed by atoms with Crippen LogP contribution in [0.4, 0.5) is 0 Å². The van der Waals surface area contributed by atoms with E-state index in [0.717, 1.165) is 28.5 Å². The zero-order valence-corrected chi connectivity index (χ0v) is 16.9. The van der Waals surface area contributed by atoms with Gasteiger partial charge in [-0.3, -0.25) is 4.79 Å². The highest BCUT2D eigenvalue weighted by Gasteiger charge is 2.19. The van der Waals surface area contributed by atoms with Crippen LogP contribution in [-0.4, -0.2) is 35.3 Å². The van der Waals surface area contributed by atoms with Crippen molar-refractivity contribution < 1.29 is 19.4 Å². The molecule has 0 spiro atoms. The molecular formula is C23H28N2O4. The van der Waals surface area contributed by atoms with Gasteiger partial charge in [0.2, 0.25) is 0 Å². The summed E-state index contributed by atoms with van der Waals surface area (Å²) >= 11 is 0. The second-order valence-corrected chi connectivity index (χ2v) is 6.90. The molecule has 0 saturated carbocycles. The minimum atomic E-state index is -0.872. The molecule has 3 aromatic rings. The summed E-state index contributed by atoms with van der Waals surface area (Å²) < 4.78 is 11.4. The number of aliphatic carboxylic acids is 1. The van der Waals surface area contributed by atoms with Gasteiger partial charge in [-0.05, 0) is 42.7 Å². The van der Waals surface area contributed by atoms with Crippen molar-refractivity contribution in [1.29, 1.82) is 0 Å². The van der Waals surface area contributed by atoms with Crippen molar-refractivity contribution in [1.82, 2.24) is 10.3 Å². The van der Waals surface area contributed by atoms with E-state index in [9.17, 15) is 9.90 Å². The number of hydrogen-bond donors (Lipinski definition) is 3. The van der Waals surface area contributed by atoms with Gasteiger partial charge in [0, 0.05) is 30.1 Å². The van der Waals surface area contributed by atoms with Crippen LogP contribution < -0.4 is 14.8 Å². The van der Waals surface area contributed by atoms with E-state index in [1.165, 1.54) is 0 Å². The lowest BCUT2D eigenvalue weighted by atomic mass is 10.0. The van der Waals surface area contributed by atoms with Crippen LogP contribution in [-0.2, 0) is 17.8 Å². The molecule has 1 heterocycles. The maximum absolute atomic E-state index is 11.8. The molecule has 0 aliphatic heterocycles. The number of nitrogens with one attached hydrogen (secondary N) is 2. The first-order valence-electron chi connectivity index (χ1n) is 10.0. The van der Waals surface area contributed by atoms with E-state index in [1.54, 1.807) is 0 Å². The van der Waals surface area contributed by atoms with Gasteiger partial charge in [-0.15, -0.1) is 0 Å². The van der Waals surface area contributed by atoms with Gasteiger partial charge < -0.3 is 24.9 Å². The van der Waals surface area contributed by atoms with Gasteiger partial charge in [0.05, 0.1) is 13.2 Å². The van der Waals surface area contributed by atoms with Crippen LogP contribution in [0.5, 0.6) is 11.5 Å². The lowest BCUT2D eigenvalue weighted by Crippen LogP contribution is -2.38. The molecule has 154 valence electrons. The predicted octanol–water partition coefficient (Wildman–Crippen LogP) is 4.14. The Bertz CT molecular complexity index is 951. The number of carbonyl (C=O) groups is 1. The SMILES string of the molecule is CCCOc1ccc(CN[C@H](Cc2c[nH]c3ccccc23)C(=O)O)cc1OCC. The molecule has 0 radical (unpaired) electrons. The third kappa shape index (κ3) is 5.29. The first-order valence-corrected chi connectivity index (χ1v) is 10.0. The topological polar surface area (TPSA) is 83.6 Å². The number of ether oxygens (including phenoxy) is 2. The third-order valence-corrected chi connectivity index (χ3v) is 4.72. The summed E-state index contributed by atoms with van der Waals surface area (Å²) in [5, 5.41) is 13.9. The molecule has 1 atom stereocenters. The van der Waals surface area contributed by atoms with Crippen molar-refractivity contribution in [3.05, 3.63) is 59.8 Å². The van der Waals surface area contributed by atoms with Crippen molar-refractivity contribution >= 4 is 16.9 Å². The molecule has 2 aromatic carbocycles. The Morgan fingerprint density at radius 1 is 1.14 bits per heavy atom. The Morgan fingerprint density at radius 3 is 2.72 bits per heavy atom. The molecule has 6 nitrogen and oxygen atoms in total. The van der Waals surface area contributed by atoms with Crippen molar-refractivity contribution in [2.75, 3.05) is 13.2 Å². The van der Waals surface area contributed by atoms with Crippen molar-refractivity contribution in [2.24, 2.45) is 0 Å². The van der Waals surface area contributed by atoms with E-state index < -0.39 is 12.0 Å². The lowest BCUT2D eigenvalue weighted by molar-refractivity contribution is -0.139. The average molecular weight is 396 g/mol. The fourth-order valence-electron chi connectivity index (χ4n) is 3.27. The Hall–Kier alpha value is -2.99. The predicted molar refractivity (Wildman–Crippen MR) is 114 cm³/mol. The standard InChI is InChI=1S/C23H28N2O4/c1-3-11-29-21-10-9-16(12-22(21)28-4-2)14-24-20(23(26)27)13-17-15-25-19-8-6-5-7-18(17)19/h5-10,12,15,20,24-25H,3-4,11,13-14H2,1-2H3,(H,26,27)/t20-/m1/s1.